The Hall–Kier alpha value is -1.06. The molecule has 1 fully saturated rings. The molecule has 0 spiro atoms. The molecule has 0 aromatic heterocycles. The largest absolute Gasteiger partial charge is 0.326 e. The summed E-state index contributed by atoms with van der Waals surface area (Å²) in [4.78, 5) is 12.1. The van der Waals surface area contributed by atoms with E-state index in [4.69, 9.17) is 0 Å². The maximum atomic E-state index is 12.1. The van der Waals surface area contributed by atoms with Gasteiger partial charge in [-0.3, -0.25) is 4.79 Å². The van der Waals surface area contributed by atoms with Crippen LogP contribution in [0.1, 0.15) is 38.2 Å². The van der Waals surface area contributed by atoms with Gasteiger partial charge in [0.2, 0.25) is 5.91 Å². The lowest BCUT2D eigenvalue weighted by molar-refractivity contribution is -0.119. The van der Waals surface area contributed by atoms with Crippen molar-refractivity contribution >= 4 is 24.0 Å². The number of benzene rings is 1. The van der Waals surface area contributed by atoms with Crippen LogP contribution in [0.2, 0.25) is 0 Å². The first-order valence-electron chi connectivity index (χ1n) is 6.90. The molecule has 1 aromatic rings. The second-order valence-electron chi connectivity index (χ2n) is 4.91. The molecule has 106 valence electrons. The molecule has 0 bridgehead atoms. The predicted octanol–water partition coefficient (Wildman–Crippen LogP) is 3.35. The van der Waals surface area contributed by atoms with Crippen molar-refractivity contribution < 1.29 is 4.79 Å². The van der Waals surface area contributed by atoms with E-state index >= 15 is 0 Å². The minimum atomic E-state index is 0. The molecule has 2 rings (SSSR count). The van der Waals surface area contributed by atoms with Crippen LogP contribution in [0, 0.1) is 5.92 Å². The SMILES string of the molecule is CCNCc1ccccc1NC(=O)C1CCCC1.Cl. The van der Waals surface area contributed by atoms with Gasteiger partial charge in [0.25, 0.3) is 0 Å². The molecule has 0 atom stereocenters. The Labute approximate surface area is 121 Å². The van der Waals surface area contributed by atoms with E-state index in [1.54, 1.807) is 0 Å². The van der Waals surface area contributed by atoms with E-state index in [0.29, 0.717) is 0 Å². The summed E-state index contributed by atoms with van der Waals surface area (Å²) in [6.45, 7) is 3.82. The van der Waals surface area contributed by atoms with Crippen LogP contribution in [0.4, 0.5) is 5.69 Å². The quantitative estimate of drug-likeness (QED) is 0.870. The van der Waals surface area contributed by atoms with Gasteiger partial charge >= 0.3 is 0 Å². The molecule has 0 heterocycles. The van der Waals surface area contributed by atoms with Crippen molar-refractivity contribution in [2.75, 3.05) is 11.9 Å². The van der Waals surface area contributed by atoms with E-state index in [0.717, 1.165) is 37.2 Å². The second-order valence-corrected chi connectivity index (χ2v) is 4.91. The molecule has 1 aliphatic rings. The summed E-state index contributed by atoms with van der Waals surface area (Å²) in [6.07, 6.45) is 4.47. The highest BCUT2D eigenvalue weighted by atomic mass is 35.5. The number of para-hydroxylation sites is 1. The van der Waals surface area contributed by atoms with E-state index in [1.165, 1.54) is 12.8 Å². The van der Waals surface area contributed by atoms with Gasteiger partial charge in [0, 0.05) is 18.2 Å². The number of nitrogens with one attached hydrogen (secondary N) is 2. The maximum Gasteiger partial charge on any atom is 0.227 e. The molecule has 1 saturated carbocycles. The third-order valence-electron chi connectivity index (χ3n) is 3.57. The zero-order valence-electron chi connectivity index (χ0n) is 11.4. The third kappa shape index (κ3) is 4.51. The first-order valence-corrected chi connectivity index (χ1v) is 6.90. The molecule has 19 heavy (non-hydrogen) atoms. The summed E-state index contributed by atoms with van der Waals surface area (Å²) in [5.41, 5.74) is 2.11. The van der Waals surface area contributed by atoms with Crippen molar-refractivity contribution in [3.05, 3.63) is 29.8 Å². The van der Waals surface area contributed by atoms with Gasteiger partial charge in [-0.2, -0.15) is 0 Å². The molecule has 0 unspecified atom stereocenters. The Morgan fingerprint density at radius 3 is 2.63 bits per heavy atom. The standard InChI is InChI=1S/C15H22N2O.ClH/c1-2-16-11-13-9-5-6-10-14(13)17-15(18)12-7-3-4-8-12;/h5-6,9-10,12,16H,2-4,7-8,11H2,1H3,(H,17,18);1H. The lowest BCUT2D eigenvalue weighted by atomic mass is 10.1. The summed E-state index contributed by atoms with van der Waals surface area (Å²) in [6, 6.07) is 8.03. The molecule has 1 amide bonds. The Morgan fingerprint density at radius 2 is 1.95 bits per heavy atom. The first kappa shape index (κ1) is 16.0. The van der Waals surface area contributed by atoms with Gasteiger partial charge < -0.3 is 10.6 Å². The van der Waals surface area contributed by atoms with E-state index in [9.17, 15) is 4.79 Å². The molecule has 4 heteroatoms. The van der Waals surface area contributed by atoms with Gasteiger partial charge in [0.05, 0.1) is 0 Å². The minimum absolute atomic E-state index is 0. The molecule has 1 aromatic carbocycles. The zero-order chi connectivity index (χ0) is 12.8. The number of halogens is 1. The topological polar surface area (TPSA) is 41.1 Å². The fourth-order valence-corrected chi connectivity index (χ4v) is 2.48. The van der Waals surface area contributed by atoms with Crippen molar-refractivity contribution in [1.82, 2.24) is 5.32 Å². The van der Waals surface area contributed by atoms with Crippen molar-refractivity contribution in [3.8, 4) is 0 Å². The number of carbonyl (C=O) groups is 1. The first-order chi connectivity index (χ1) is 8.81. The van der Waals surface area contributed by atoms with Crippen LogP contribution in [0.15, 0.2) is 24.3 Å². The molecule has 0 aliphatic heterocycles. The minimum Gasteiger partial charge on any atom is -0.326 e. The zero-order valence-corrected chi connectivity index (χ0v) is 12.3. The van der Waals surface area contributed by atoms with Crippen LogP contribution in [0.5, 0.6) is 0 Å². The second kappa shape index (κ2) is 8.18. The van der Waals surface area contributed by atoms with Crippen LogP contribution in [-0.2, 0) is 11.3 Å². The lowest BCUT2D eigenvalue weighted by Crippen LogP contribution is -2.22. The molecule has 0 radical (unpaired) electrons. The highest BCUT2D eigenvalue weighted by Crippen LogP contribution is 2.26. The van der Waals surface area contributed by atoms with E-state index in [2.05, 4.69) is 23.6 Å². The Bertz CT molecular complexity index is 403. The van der Waals surface area contributed by atoms with Gasteiger partial charge in [-0.1, -0.05) is 38.0 Å². The molecule has 1 aliphatic carbocycles. The number of anilines is 1. The number of rotatable bonds is 5. The summed E-state index contributed by atoms with van der Waals surface area (Å²) >= 11 is 0. The smallest absolute Gasteiger partial charge is 0.227 e. The molecular formula is C15H23ClN2O. The monoisotopic (exact) mass is 282 g/mol. The average Bonchev–Trinajstić information content (AvgIpc) is 2.91. The van der Waals surface area contributed by atoms with Crippen LogP contribution in [-0.4, -0.2) is 12.5 Å². The normalized spacial score (nSPS) is 15.0. The summed E-state index contributed by atoms with van der Waals surface area (Å²) in [5.74, 6) is 0.411. The summed E-state index contributed by atoms with van der Waals surface area (Å²) in [5, 5.41) is 6.38. The molecule has 3 nitrogen and oxygen atoms in total. The van der Waals surface area contributed by atoms with Crippen molar-refractivity contribution in [2.24, 2.45) is 5.92 Å². The van der Waals surface area contributed by atoms with Gasteiger partial charge in [0.15, 0.2) is 0 Å². The van der Waals surface area contributed by atoms with E-state index < -0.39 is 0 Å². The van der Waals surface area contributed by atoms with Crippen LogP contribution >= 0.6 is 12.4 Å². The Morgan fingerprint density at radius 1 is 1.26 bits per heavy atom. The molecule has 0 saturated heterocycles. The highest BCUT2D eigenvalue weighted by Gasteiger charge is 2.22. The molecule has 2 N–H and O–H groups in total. The van der Waals surface area contributed by atoms with Crippen molar-refractivity contribution in [1.29, 1.82) is 0 Å². The Kier molecular flexibility index (Phi) is 6.89. The average molecular weight is 283 g/mol. The number of hydrogen-bond donors (Lipinski definition) is 2. The molecular weight excluding hydrogens is 260 g/mol. The number of hydrogen-bond acceptors (Lipinski definition) is 2. The number of amides is 1. The fraction of sp³-hybridized carbons (Fsp3) is 0.533. The summed E-state index contributed by atoms with van der Waals surface area (Å²) < 4.78 is 0. The van der Waals surface area contributed by atoms with Gasteiger partial charge in [0.1, 0.15) is 0 Å². The third-order valence-corrected chi connectivity index (χ3v) is 3.57. The van der Waals surface area contributed by atoms with Crippen LogP contribution in [0.25, 0.3) is 0 Å². The van der Waals surface area contributed by atoms with Crippen LogP contribution < -0.4 is 10.6 Å². The fourth-order valence-electron chi connectivity index (χ4n) is 2.48. The van der Waals surface area contributed by atoms with Gasteiger partial charge in [-0.15, -0.1) is 12.4 Å². The Balaban J connectivity index is 0.00000180. The van der Waals surface area contributed by atoms with E-state index in [1.807, 2.05) is 18.2 Å². The predicted molar refractivity (Wildman–Crippen MR) is 81.7 cm³/mol. The number of carbonyl (C=O) groups excluding carboxylic acids is 1. The summed E-state index contributed by atoms with van der Waals surface area (Å²) in [7, 11) is 0. The van der Waals surface area contributed by atoms with Gasteiger partial charge in [-0.05, 0) is 31.0 Å². The highest BCUT2D eigenvalue weighted by molar-refractivity contribution is 5.93. The maximum absolute atomic E-state index is 12.1. The van der Waals surface area contributed by atoms with Crippen molar-refractivity contribution in [3.63, 3.8) is 0 Å². The van der Waals surface area contributed by atoms with E-state index in [-0.39, 0.29) is 24.2 Å². The van der Waals surface area contributed by atoms with Crippen LogP contribution in [0.3, 0.4) is 0 Å². The van der Waals surface area contributed by atoms with Gasteiger partial charge in [-0.25, -0.2) is 0 Å². The lowest BCUT2D eigenvalue weighted by Gasteiger charge is -2.14. The van der Waals surface area contributed by atoms with Crippen molar-refractivity contribution in [2.45, 2.75) is 39.2 Å².